The second kappa shape index (κ2) is 5.94. The van der Waals surface area contributed by atoms with Crippen LogP contribution in [-0.4, -0.2) is 18.2 Å². The molecule has 19 heavy (non-hydrogen) atoms. The smallest absolute Gasteiger partial charge is 0.0708 e. The van der Waals surface area contributed by atoms with Gasteiger partial charge in [-0.25, -0.2) is 0 Å². The van der Waals surface area contributed by atoms with E-state index in [-0.39, 0.29) is 5.60 Å². The number of rotatable bonds is 4. The molecule has 2 aliphatic rings. The van der Waals surface area contributed by atoms with Crippen LogP contribution in [0.4, 0.5) is 0 Å². The van der Waals surface area contributed by atoms with Crippen LogP contribution in [0.5, 0.6) is 0 Å². The maximum absolute atomic E-state index is 6.38. The zero-order chi connectivity index (χ0) is 13.1. The second-order valence-corrected chi connectivity index (χ2v) is 7.18. The van der Waals surface area contributed by atoms with Crippen molar-refractivity contribution in [1.82, 2.24) is 5.32 Å². The van der Waals surface area contributed by atoms with Crippen LogP contribution in [0, 0.1) is 6.92 Å². The van der Waals surface area contributed by atoms with Crippen LogP contribution in [-0.2, 0) is 11.3 Å². The van der Waals surface area contributed by atoms with Gasteiger partial charge in [0.15, 0.2) is 0 Å². The molecule has 2 fully saturated rings. The zero-order valence-corrected chi connectivity index (χ0v) is 12.7. The molecule has 1 saturated carbocycles. The van der Waals surface area contributed by atoms with Gasteiger partial charge in [-0.2, -0.15) is 0 Å². The predicted molar refractivity (Wildman–Crippen MR) is 80.7 cm³/mol. The number of nitrogens with one attached hydrogen (secondary N) is 1. The van der Waals surface area contributed by atoms with Crippen molar-refractivity contribution in [2.75, 3.05) is 6.54 Å². The highest BCUT2D eigenvalue weighted by Crippen LogP contribution is 2.41. The van der Waals surface area contributed by atoms with Crippen LogP contribution in [0.25, 0.3) is 0 Å². The Morgan fingerprint density at radius 2 is 2.16 bits per heavy atom. The van der Waals surface area contributed by atoms with Gasteiger partial charge in [0, 0.05) is 18.0 Å². The molecule has 1 spiro atoms. The summed E-state index contributed by atoms with van der Waals surface area (Å²) in [5.41, 5.74) is 1.68. The molecule has 1 unspecified atom stereocenters. The van der Waals surface area contributed by atoms with Gasteiger partial charge in [0.1, 0.15) is 0 Å². The first kappa shape index (κ1) is 13.6. The maximum atomic E-state index is 6.38. The van der Waals surface area contributed by atoms with Crippen molar-refractivity contribution in [2.24, 2.45) is 0 Å². The highest BCUT2D eigenvalue weighted by molar-refractivity contribution is 7.10. The predicted octanol–water partition coefficient (Wildman–Crippen LogP) is 4.03. The average Bonchev–Trinajstić information content (AvgIpc) is 2.99. The van der Waals surface area contributed by atoms with Gasteiger partial charge in [-0.15, -0.1) is 11.3 Å². The summed E-state index contributed by atoms with van der Waals surface area (Å²) in [6, 6.07) is 2.20. The van der Waals surface area contributed by atoms with E-state index in [9.17, 15) is 0 Å². The minimum Gasteiger partial charge on any atom is -0.370 e. The summed E-state index contributed by atoms with van der Waals surface area (Å²) in [5, 5.41) is 5.75. The maximum Gasteiger partial charge on any atom is 0.0708 e. The lowest BCUT2D eigenvalue weighted by Gasteiger charge is -2.33. The van der Waals surface area contributed by atoms with E-state index in [0.29, 0.717) is 6.10 Å². The quantitative estimate of drug-likeness (QED) is 0.898. The van der Waals surface area contributed by atoms with Gasteiger partial charge in [-0.05, 0) is 49.6 Å². The average molecular weight is 279 g/mol. The lowest BCUT2D eigenvalue weighted by Crippen LogP contribution is -2.34. The molecule has 0 radical (unpaired) electrons. The molecule has 0 amide bonds. The lowest BCUT2D eigenvalue weighted by molar-refractivity contribution is -0.0624. The van der Waals surface area contributed by atoms with Crippen molar-refractivity contribution in [3.05, 3.63) is 21.9 Å². The number of hydrogen-bond donors (Lipinski definition) is 1. The van der Waals surface area contributed by atoms with Gasteiger partial charge in [-0.1, -0.05) is 19.3 Å². The van der Waals surface area contributed by atoms with Crippen LogP contribution in [0.1, 0.15) is 55.4 Å². The molecule has 106 valence electrons. The molecular formula is C16H25NOS. The van der Waals surface area contributed by atoms with Crippen molar-refractivity contribution in [3.63, 3.8) is 0 Å². The van der Waals surface area contributed by atoms with Crippen molar-refractivity contribution >= 4 is 11.3 Å². The molecule has 1 N–H and O–H groups in total. The fourth-order valence-corrected chi connectivity index (χ4v) is 4.41. The monoisotopic (exact) mass is 279 g/mol. The highest BCUT2D eigenvalue weighted by Gasteiger charge is 2.40. The summed E-state index contributed by atoms with van der Waals surface area (Å²) in [4.78, 5) is 1.46. The first-order valence-electron chi connectivity index (χ1n) is 7.69. The second-order valence-electron chi connectivity index (χ2n) is 6.18. The van der Waals surface area contributed by atoms with Gasteiger partial charge < -0.3 is 10.1 Å². The van der Waals surface area contributed by atoms with Crippen LogP contribution >= 0.6 is 11.3 Å². The number of ether oxygens (including phenoxy) is 1. The third-order valence-electron chi connectivity index (χ3n) is 4.73. The summed E-state index contributed by atoms with van der Waals surface area (Å²) in [6.45, 7) is 4.20. The molecule has 0 aromatic carbocycles. The van der Waals surface area contributed by atoms with Crippen LogP contribution in [0.3, 0.4) is 0 Å². The molecule has 1 aliphatic carbocycles. The van der Waals surface area contributed by atoms with Gasteiger partial charge >= 0.3 is 0 Å². The first-order chi connectivity index (χ1) is 9.27. The van der Waals surface area contributed by atoms with Crippen molar-refractivity contribution in [1.29, 1.82) is 0 Å². The third-order valence-corrected chi connectivity index (χ3v) is 5.75. The summed E-state index contributed by atoms with van der Waals surface area (Å²) < 4.78 is 6.38. The summed E-state index contributed by atoms with van der Waals surface area (Å²) >= 11 is 1.85. The van der Waals surface area contributed by atoms with E-state index in [1.165, 1.54) is 55.4 Å². The highest BCUT2D eigenvalue weighted by atomic mass is 32.1. The third kappa shape index (κ3) is 3.21. The zero-order valence-electron chi connectivity index (χ0n) is 11.9. The largest absolute Gasteiger partial charge is 0.370 e. The Balaban J connectivity index is 1.43. The van der Waals surface area contributed by atoms with Crippen LogP contribution in [0.15, 0.2) is 11.4 Å². The van der Waals surface area contributed by atoms with E-state index in [0.717, 1.165) is 13.1 Å². The normalized spacial score (nSPS) is 26.1. The first-order valence-corrected chi connectivity index (χ1v) is 8.57. The molecule has 1 aliphatic heterocycles. The molecule has 1 aromatic rings. The van der Waals surface area contributed by atoms with Crippen LogP contribution < -0.4 is 5.32 Å². The Hall–Kier alpha value is -0.380. The fraction of sp³-hybridized carbons (Fsp3) is 0.750. The molecule has 3 heteroatoms. The van der Waals surface area contributed by atoms with Crippen LogP contribution in [0.2, 0.25) is 0 Å². The molecule has 2 nitrogen and oxygen atoms in total. The van der Waals surface area contributed by atoms with Crippen molar-refractivity contribution in [2.45, 2.75) is 70.1 Å². The topological polar surface area (TPSA) is 21.3 Å². The Kier molecular flexibility index (Phi) is 4.25. The molecule has 1 saturated heterocycles. The standard InChI is InChI=1S/C16H25NOS/c1-13-6-10-19-15(13)12-17-11-14-5-9-16(18-14)7-3-2-4-8-16/h6,10,14,17H,2-5,7-9,11-12H2,1H3. The molecule has 0 bridgehead atoms. The minimum atomic E-state index is 0.267. The molecule has 3 rings (SSSR count). The lowest BCUT2D eigenvalue weighted by atomic mass is 9.83. The SMILES string of the molecule is Cc1ccsc1CNCC1CCC2(CCCCC2)O1. The van der Waals surface area contributed by atoms with E-state index >= 15 is 0 Å². The number of hydrogen-bond acceptors (Lipinski definition) is 3. The van der Waals surface area contributed by atoms with Crippen molar-refractivity contribution in [3.8, 4) is 0 Å². The summed E-state index contributed by atoms with van der Waals surface area (Å²) in [6.07, 6.45) is 9.72. The van der Waals surface area contributed by atoms with E-state index in [2.05, 4.69) is 23.7 Å². The molecule has 2 heterocycles. The molecule has 1 atom stereocenters. The van der Waals surface area contributed by atoms with Gasteiger partial charge in [-0.3, -0.25) is 0 Å². The van der Waals surface area contributed by atoms with E-state index < -0.39 is 0 Å². The minimum absolute atomic E-state index is 0.267. The van der Waals surface area contributed by atoms with E-state index in [1.807, 2.05) is 11.3 Å². The summed E-state index contributed by atoms with van der Waals surface area (Å²) in [5.74, 6) is 0. The number of thiophene rings is 1. The van der Waals surface area contributed by atoms with Crippen molar-refractivity contribution < 1.29 is 4.74 Å². The Morgan fingerprint density at radius 3 is 2.89 bits per heavy atom. The molecule has 1 aromatic heterocycles. The Labute approximate surface area is 120 Å². The fourth-order valence-electron chi connectivity index (χ4n) is 3.54. The Morgan fingerprint density at radius 1 is 1.32 bits per heavy atom. The number of aryl methyl sites for hydroxylation is 1. The van der Waals surface area contributed by atoms with E-state index in [1.54, 1.807) is 0 Å². The summed E-state index contributed by atoms with van der Waals surface area (Å²) in [7, 11) is 0. The van der Waals surface area contributed by atoms with E-state index in [4.69, 9.17) is 4.74 Å². The van der Waals surface area contributed by atoms with Gasteiger partial charge in [0.05, 0.1) is 11.7 Å². The molecular weight excluding hydrogens is 254 g/mol. The Bertz CT molecular complexity index is 409. The van der Waals surface area contributed by atoms with Gasteiger partial charge in [0.25, 0.3) is 0 Å². The van der Waals surface area contributed by atoms with Gasteiger partial charge in [0.2, 0.25) is 0 Å².